The Bertz CT molecular complexity index is 486. The molecule has 2 aromatic rings. The summed E-state index contributed by atoms with van der Waals surface area (Å²) in [7, 11) is 0. The molecule has 0 radical (unpaired) electrons. The van der Waals surface area contributed by atoms with Crippen LogP contribution in [-0.4, -0.2) is 0 Å². The zero-order valence-electron chi connectivity index (χ0n) is 8.07. The molecule has 0 N–H and O–H groups in total. The van der Waals surface area contributed by atoms with E-state index in [9.17, 15) is 0 Å². The van der Waals surface area contributed by atoms with Gasteiger partial charge in [-0.05, 0) is 40.8 Å². The van der Waals surface area contributed by atoms with Gasteiger partial charge in [0.05, 0.1) is 0 Å². The maximum Gasteiger partial charge on any atom is 0.0258 e. The highest BCUT2D eigenvalue weighted by molar-refractivity contribution is 6.30. The van der Waals surface area contributed by atoms with E-state index < -0.39 is 0 Å². The number of halogens is 1. The lowest BCUT2D eigenvalue weighted by Gasteiger charge is -2.00. The average Bonchev–Trinajstić information content (AvgIpc) is 2.32. The molecule has 0 saturated heterocycles. The molecule has 0 fully saturated rings. The van der Waals surface area contributed by atoms with Crippen LogP contribution in [0.25, 0.3) is 11.1 Å². The van der Waals surface area contributed by atoms with E-state index in [0.717, 1.165) is 5.56 Å². The van der Waals surface area contributed by atoms with Crippen LogP contribution in [0.5, 0.6) is 0 Å². The van der Waals surface area contributed by atoms with Crippen LogP contribution >= 0.6 is 11.6 Å². The molecule has 0 nitrogen and oxygen atoms in total. The first-order valence-electron chi connectivity index (χ1n) is 4.67. The van der Waals surface area contributed by atoms with Crippen LogP contribution < -0.4 is 0 Å². The first-order valence-corrected chi connectivity index (χ1v) is 5.05. The smallest absolute Gasteiger partial charge is 0.0258 e. The Hall–Kier alpha value is -1.71. The average molecular weight is 213 g/mol. The molecule has 0 aromatic heterocycles. The molecule has 0 aliphatic heterocycles. The molecule has 0 spiro atoms. The minimum atomic E-state index is 0.935. The summed E-state index contributed by atoms with van der Waals surface area (Å²) in [5, 5.41) is 2.37. The largest absolute Gasteiger partial charge is 0.0622 e. The maximum absolute atomic E-state index is 5.33. The highest BCUT2D eigenvalue weighted by atomic mass is 35.5. The Kier molecular flexibility index (Phi) is 3.07. The zero-order valence-corrected chi connectivity index (χ0v) is 8.83. The summed E-state index contributed by atoms with van der Waals surface area (Å²) in [5.74, 6) is 2.80. The van der Waals surface area contributed by atoms with Gasteiger partial charge in [-0.25, -0.2) is 0 Å². The van der Waals surface area contributed by atoms with Crippen molar-refractivity contribution in [1.82, 2.24) is 0 Å². The van der Waals surface area contributed by atoms with E-state index in [2.05, 4.69) is 23.4 Å². The second-order valence-electron chi connectivity index (χ2n) is 3.16. The Morgan fingerprint density at radius 3 is 1.93 bits per heavy atom. The number of rotatable bonds is 1. The molecule has 0 aliphatic rings. The molecule has 0 saturated carbocycles. The fraction of sp³-hybridized carbons (Fsp3) is 0. The summed E-state index contributed by atoms with van der Waals surface area (Å²) in [6, 6.07) is 18.3. The fourth-order valence-electron chi connectivity index (χ4n) is 1.43. The summed E-state index contributed by atoms with van der Waals surface area (Å²) in [6.07, 6.45) is 0. The molecule has 2 aromatic carbocycles. The van der Waals surface area contributed by atoms with Crippen LogP contribution in [0.1, 0.15) is 5.56 Å². The van der Waals surface area contributed by atoms with E-state index in [1.54, 1.807) is 0 Å². The van der Waals surface area contributed by atoms with Crippen molar-refractivity contribution in [2.24, 2.45) is 0 Å². The van der Waals surface area contributed by atoms with Crippen molar-refractivity contribution in [3.05, 3.63) is 60.2 Å². The second kappa shape index (κ2) is 4.68. The molecule has 15 heavy (non-hydrogen) atoms. The van der Waals surface area contributed by atoms with Gasteiger partial charge in [-0.1, -0.05) is 42.5 Å². The molecule has 0 unspecified atom stereocenters. The van der Waals surface area contributed by atoms with Gasteiger partial charge < -0.3 is 0 Å². The van der Waals surface area contributed by atoms with Gasteiger partial charge in [0.1, 0.15) is 0 Å². The molecule has 0 heterocycles. The van der Waals surface area contributed by atoms with Gasteiger partial charge in [0.2, 0.25) is 0 Å². The summed E-state index contributed by atoms with van der Waals surface area (Å²) in [4.78, 5) is 0. The van der Waals surface area contributed by atoms with E-state index in [-0.39, 0.29) is 0 Å². The van der Waals surface area contributed by atoms with E-state index in [1.807, 2.05) is 42.5 Å². The molecule has 0 atom stereocenters. The molecule has 2 rings (SSSR count). The Labute approximate surface area is 94.5 Å². The predicted molar refractivity (Wildman–Crippen MR) is 64.6 cm³/mol. The maximum atomic E-state index is 5.33. The third-order valence-corrected chi connectivity index (χ3v) is 2.28. The Morgan fingerprint density at radius 2 is 1.33 bits per heavy atom. The third-order valence-electron chi connectivity index (χ3n) is 2.18. The topological polar surface area (TPSA) is 0 Å². The number of benzene rings is 2. The minimum absolute atomic E-state index is 0.935. The summed E-state index contributed by atoms with van der Waals surface area (Å²) >= 11 is 5.33. The predicted octanol–water partition coefficient (Wildman–Crippen LogP) is 3.90. The van der Waals surface area contributed by atoms with Crippen LogP contribution in [0.15, 0.2) is 54.6 Å². The van der Waals surface area contributed by atoms with Crippen molar-refractivity contribution in [3.63, 3.8) is 0 Å². The van der Waals surface area contributed by atoms with E-state index in [0.29, 0.717) is 0 Å². The third kappa shape index (κ3) is 2.40. The Morgan fingerprint density at radius 1 is 0.733 bits per heavy atom. The monoisotopic (exact) mass is 212 g/mol. The fourth-order valence-corrected chi connectivity index (χ4v) is 1.54. The Balaban J connectivity index is 2.35. The van der Waals surface area contributed by atoms with Gasteiger partial charge in [0.25, 0.3) is 0 Å². The van der Waals surface area contributed by atoms with Crippen molar-refractivity contribution in [2.75, 3.05) is 0 Å². The molecule has 0 aliphatic carbocycles. The van der Waals surface area contributed by atoms with Crippen molar-refractivity contribution in [3.8, 4) is 22.4 Å². The number of hydrogen-bond donors (Lipinski definition) is 0. The van der Waals surface area contributed by atoms with Crippen LogP contribution in [0.4, 0.5) is 0 Å². The van der Waals surface area contributed by atoms with Crippen molar-refractivity contribution < 1.29 is 0 Å². The normalized spacial score (nSPS) is 9.13. The van der Waals surface area contributed by atoms with Gasteiger partial charge >= 0.3 is 0 Å². The molecule has 0 bridgehead atoms. The lowest BCUT2D eigenvalue weighted by atomic mass is 10.0. The van der Waals surface area contributed by atoms with Crippen molar-refractivity contribution in [2.45, 2.75) is 0 Å². The molecular weight excluding hydrogens is 204 g/mol. The van der Waals surface area contributed by atoms with Crippen LogP contribution in [0.2, 0.25) is 0 Å². The van der Waals surface area contributed by atoms with E-state index in [4.69, 9.17) is 11.6 Å². The van der Waals surface area contributed by atoms with Crippen molar-refractivity contribution >= 4 is 11.6 Å². The lowest BCUT2D eigenvalue weighted by Crippen LogP contribution is -1.78. The van der Waals surface area contributed by atoms with Crippen LogP contribution in [-0.2, 0) is 0 Å². The quantitative estimate of drug-likeness (QED) is 0.629. The van der Waals surface area contributed by atoms with Gasteiger partial charge in [0, 0.05) is 10.9 Å². The van der Waals surface area contributed by atoms with E-state index in [1.165, 1.54) is 11.1 Å². The SMILES string of the molecule is ClC#Cc1ccc(-c2ccccc2)cc1. The van der Waals surface area contributed by atoms with Crippen LogP contribution in [0.3, 0.4) is 0 Å². The standard InChI is InChI=1S/C14H9Cl/c15-11-10-12-6-8-14(9-7-12)13-4-2-1-3-5-13/h1-9H. The van der Waals surface area contributed by atoms with Gasteiger partial charge in [0.15, 0.2) is 0 Å². The molecule has 0 amide bonds. The van der Waals surface area contributed by atoms with Crippen molar-refractivity contribution in [1.29, 1.82) is 0 Å². The summed E-state index contributed by atoms with van der Waals surface area (Å²) in [5.41, 5.74) is 3.34. The second-order valence-corrected chi connectivity index (χ2v) is 3.35. The highest BCUT2D eigenvalue weighted by Crippen LogP contribution is 2.18. The molecule has 1 heteroatoms. The van der Waals surface area contributed by atoms with Crippen LogP contribution in [0, 0.1) is 11.3 Å². The first-order chi connectivity index (χ1) is 7.40. The lowest BCUT2D eigenvalue weighted by molar-refractivity contribution is 1.59. The number of hydrogen-bond acceptors (Lipinski definition) is 0. The highest BCUT2D eigenvalue weighted by Gasteiger charge is 1.95. The molecular formula is C14H9Cl. The minimum Gasteiger partial charge on any atom is -0.0622 e. The first kappa shape index (κ1) is 9.83. The zero-order chi connectivity index (χ0) is 10.5. The van der Waals surface area contributed by atoms with Gasteiger partial charge in [-0.2, -0.15) is 0 Å². The summed E-state index contributed by atoms with van der Waals surface area (Å²) < 4.78 is 0. The summed E-state index contributed by atoms with van der Waals surface area (Å²) in [6.45, 7) is 0. The van der Waals surface area contributed by atoms with Gasteiger partial charge in [-0.3, -0.25) is 0 Å². The van der Waals surface area contributed by atoms with E-state index >= 15 is 0 Å². The molecule has 72 valence electrons. The van der Waals surface area contributed by atoms with Gasteiger partial charge in [-0.15, -0.1) is 0 Å².